The monoisotopic (exact) mass is 347 g/mol. The molecule has 0 unspecified atom stereocenters. The Kier molecular flexibility index (Phi) is 4.71. The zero-order valence-electron chi connectivity index (χ0n) is 14.7. The van der Waals surface area contributed by atoms with Crippen LogP contribution in [0.1, 0.15) is 11.1 Å². The molecule has 2 aromatic carbocycles. The van der Waals surface area contributed by atoms with Crippen LogP contribution in [0.25, 0.3) is 22.4 Å². The van der Waals surface area contributed by atoms with Crippen molar-refractivity contribution in [3.63, 3.8) is 0 Å². The molecule has 2 N–H and O–H groups in total. The van der Waals surface area contributed by atoms with Gasteiger partial charge in [0.25, 0.3) is 0 Å². The lowest BCUT2D eigenvalue weighted by Gasteiger charge is -2.06. The van der Waals surface area contributed by atoms with E-state index in [1.165, 1.54) is 5.56 Å². The number of hydrogen-bond donors (Lipinski definition) is 2. The van der Waals surface area contributed by atoms with Crippen molar-refractivity contribution in [2.75, 3.05) is 13.7 Å². The second kappa shape index (κ2) is 7.45. The van der Waals surface area contributed by atoms with Crippen molar-refractivity contribution < 1.29 is 9.15 Å². The first-order valence-corrected chi connectivity index (χ1v) is 8.68. The highest BCUT2D eigenvalue weighted by Gasteiger charge is 2.12. The molecule has 0 spiro atoms. The van der Waals surface area contributed by atoms with E-state index in [9.17, 15) is 0 Å². The Hall–Kier alpha value is -3.05. The summed E-state index contributed by atoms with van der Waals surface area (Å²) < 4.78 is 11.2. The average Bonchev–Trinajstić information content (AvgIpc) is 3.31. The van der Waals surface area contributed by atoms with Crippen molar-refractivity contribution in [2.45, 2.75) is 13.0 Å². The smallest absolute Gasteiger partial charge is 0.153 e. The summed E-state index contributed by atoms with van der Waals surface area (Å²) in [5.74, 6) is 1.71. The summed E-state index contributed by atoms with van der Waals surface area (Å²) in [6.07, 6.45) is 2.79. The van der Waals surface area contributed by atoms with Crippen LogP contribution in [-0.4, -0.2) is 23.9 Å². The maximum absolute atomic E-state index is 5.94. The van der Waals surface area contributed by atoms with Gasteiger partial charge >= 0.3 is 0 Å². The molecule has 0 bridgehead atoms. The molecule has 0 aliphatic carbocycles. The minimum atomic E-state index is 0.729. The molecule has 4 rings (SSSR count). The van der Waals surface area contributed by atoms with Gasteiger partial charge < -0.3 is 14.5 Å². The third-order valence-electron chi connectivity index (χ3n) is 4.43. The van der Waals surface area contributed by atoms with Gasteiger partial charge in [0.15, 0.2) is 5.76 Å². The van der Waals surface area contributed by atoms with E-state index in [1.54, 1.807) is 7.11 Å². The fraction of sp³-hybridized carbons (Fsp3) is 0.190. The minimum Gasteiger partial charge on any atom is -0.497 e. The maximum atomic E-state index is 5.94. The van der Waals surface area contributed by atoms with Gasteiger partial charge in [-0.2, -0.15) is 5.10 Å². The molecule has 0 amide bonds. The number of nitrogens with zero attached hydrogens (tertiary/aromatic N) is 1. The molecule has 2 heterocycles. The number of aromatic nitrogens is 2. The molecular weight excluding hydrogens is 326 g/mol. The highest BCUT2D eigenvalue weighted by atomic mass is 16.5. The van der Waals surface area contributed by atoms with Crippen LogP contribution in [0.15, 0.2) is 65.2 Å². The zero-order chi connectivity index (χ0) is 17.8. The summed E-state index contributed by atoms with van der Waals surface area (Å²) in [7, 11) is 1.69. The van der Waals surface area contributed by atoms with E-state index >= 15 is 0 Å². The van der Waals surface area contributed by atoms with Crippen LogP contribution in [0.3, 0.4) is 0 Å². The average molecular weight is 347 g/mol. The molecule has 26 heavy (non-hydrogen) atoms. The minimum absolute atomic E-state index is 0.729. The number of fused-ring (bicyclic) bond motifs is 1. The van der Waals surface area contributed by atoms with E-state index in [4.69, 9.17) is 9.15 Å². The van der Waals surface area contributed by atoms with E-state index in [2.05, 4.69) is 27.6 Å². The number of nitrogens with one attached hydrogen (secondary N) is 2. The summed E-state index contributed by atoms with van der Waals surface area (Å²) in [5.41, 5.74) is 4.15. The second-order valence-corrected chi connectivity index (χ2v) is 6.20. The van der Waals surface area contributed by atoms with Crippen LogP contribution in [-0.2, 0) is 13.0 Å². The standard InChI is InChI=1S/C21H21N3O2/c1-25-18-7-4-5-15(11-18)9-10-22-13-17-14-23-24-21(17)20-12-16-6-2-3-8-19(16)26-20/h2-8,11-12,14,22H,9-10,13H2,1H3,(H,23,24). The van der Waals surface area contributed by atoms with Gasteiger partial charge in [0.1, 0.15) is 17.0 Å². The first-order valence-electron chi connectivity index (χ1n) is 8.68. The van der Waals surface area contributed by atoms with Crippen LogP contribution < -0.4 is 10.1 Å². The number of benzene rings is 2. The summed E-state index contributed by atoms with van der Waals surface area (Å²) in [4.78, 5) is 0. The van der Waals surface area contributed by atoms with Gasteiger partial charge in [-0.25, -0.2) is 0 Å². The van der Waals surface area contributed by atoms with Crippen LogP contribution in [0.5, 0.6) is 5.75 Å². The lowest BCUT2D eigenvalue weighted by Crippen LogP contribution is -2.16. The Morgan fingerprint density at radius 2 is 2.04 bits per heavy atom. The summed E-state index contributed by atoms with van der Waals surface area (Å²) in [6.45, 7) is 1.60. The number of methoxy groups -OCH3 is 1. The van der Waals surface area contributed by atoms with Crippen molar-refractivity contribution in [2.24, 2.45) is 0 Å². The Bertz CT molecular complexity index is 970. The quantitative estimate of drug-likeness (QED) is 0.493. The van der Waals surface area contributed by atoms with Gasteiger partial charge in [0.2, 0.25) is 0 Å². The number of furan rings is 1. The van der Waals surface area contributed by atoms with Gasteiger partial charge in [-0.05, 0) is 42.8 Å². The first-order chi connectivity index (χ1) is 12.8. The van der Waals surface area contributed by atoms with Crippen molar-refractivity contribution >= 4 is 11.0 Å². The van der Waals surface area contributed by atoms with E-state index in [0.717, 1.165) is 53.2 Å². The molecule has 0 saturated heterocycles. The number of para-hydroxylation sites is 1. The Labute approximate surface area is 152 Å². The number of hydrogen-bond acceptors (Lipinski definition) is 4. The molecule has 0 fully saturated rings. The molecule has 0 saturated carbocycles. The molecule has 4 aromatic rings. The van der Waals surface area contributed by atoms with Crippen LogP contribution in [0, 0.1) is 0 Å². The fourth-order valence-electron chi connectivity index (χ4n) is 3.05. The molecule has 0 radical (unpaired) electrons. The molecule has 0 aliphatic rings. The van der Waals surface area contributed by atoms with Crippen LogP contribution >= 0.6 is 0 Å². The summed E-state index contributed by atoms with van der Waals surface area (Å²) >= 11 is 0. The molecule has 0 atom stereocenters. The number of rotatable bonds is 7. The summed E-state index contributed by atoms with van der Waals surface area (Å²) in [6, 6.07) is 18.2. The predicted octanol–water partition coefficient (Wildman–Crippen LogP) is 4.16. The summed E-state index contributed by atoms with van der Waals surface area (Å²) in [5, 5.41) is 11.8. The number of aromatic amines is 1. The van der Waals surface area contributed by atoms with Gasteiger partial charge in [0, 0.05) is 17.5 Å². The van der Waals surface area contributed by atoms with Crippen molar-refractivity contribution in [1.29, 1.82) is 0 Å². The topological polar surface area (TPSA) is 63.1 Å². The fourth-order valence-corrected chi connectivity index (χ4v) is 3.05. The third kappa shape index (κ3) is 3.48. The van der Waals surface area contributed by atoms with Gasteiger partial charge in [-0.1, -0.05) is 30.3 Å². The lowest BCUT2D eigenvalue weighted by molar-refractivity contribution is 0.414. The Morgan fingerprint density at radius 1 is 1.12 bits per heavy atom. The zero-order valence-corrected chi connectivity index (χ0v) is 14.7. The molecule has 5 heteroatoms. The molecular formula is C21H21N3O2. The molecule has 0 aliphatic heterocycles. The third-order valence-corrected chi connectivity index (χ3v) is 4.43. The molecule has 2 aromatic heterocycles. The normalized spacial score (nSPS) is 11.1. The maximum Gasteiger partial charge on any atom is 0.153 e. The van der Waals surface area contributed by atoms with E-state index in [1.807, 2.05) is 48.7 Å². The van der Waals surface area contributed by atoms with Crippen molar-refractivity contribution in [3.8, 4) is 17.2 Å². The van der Waals surface area contributed by atoms with Gasteiger partial charge in [-0.15, -0.1) is 0 Å². The van der Waals surface area contributed by atoms with Gasteiger partial charge in [0.05, 0.1) is 13.3 Å². The van der Waals surface area contributed by atoms with Crippen LogP contribution in [0.4, 0.5) is 0 Å². The highest BCUT2D eigenvalue weighted by Crippen LogP contribution is 2.28. The van der Waals surface area contributed by atoms with Crippen molar-refractivity contribution in [3.05, 3.63) is 71.9 Å². The van der Waals surface area contributed by atoms with E-state index < -0.39 is 0 Å². The predicted molar refractivity (Wildman–Crippen MR) is 102 cm³/mol. The first kappa shape index (κ1) is 16.4. The van der Waals surface area contributed by atoms with Crippen LogP contribution in [0.2, 0.25) is 0 Å². The number of H-pyrrole nitrogens is 1. The lowest BCUT2D eigenvalue weighted by atomic mass is 10.1. The van der Waals surface area contributed by atoms with Gasteiger partial charge in [-0.3, -0.25) is 5.10 Å². The largest absolute Gasteiger partial charge is 0.497 e. The Morgan fingerprint density at radius 3 is 2.92 bits per heavy atom. The van der Waals surface area contributed by atoms with E-state index in [0.29, 0.717) is 0 Å². The second-order valence-electron chi connectivity index (χ2n) is 6.20. The highest BCUT2D eigenvalue weighted by molar-refractivity contribution is 5.82. The Balaban J connectivity index is 1.39. The SMILES string of the molecule is COc1cccc(CCNCc2cn[nH]c2-c2cc3ccccc3o2)c1. The van der Waals surface area contributed by atoms with E-state index in [-0.39, 0.29) is 0 Å². The molecule has 5 nitrogen and oxygen atoms in total. The molecule has 132 valence electrons. The van der Waals surface area contributed by atoms with Crippen molar-refractivity contribution in [1.82, 2.24) is 15.5 Å². The number of ether oxygens (including phenoxy) is 1.